The number of hydrogen-bond donors (Lipinski definition) is 0. The highest BCUT2D eigenvalue weighted by Gasteiger charge is 2.36. The van der Waals surface area contributed by atoms with Crippen LogP contribution in [0.2, 0.25) is 0 Å². The third kappa shape index (κ3) is 3.54. The van der Waals surface area contributed by atoms with Crippen molar-refractivity contribution in [2.24, 2.45) is 5.16 Å². The maximum absolute atomic E-state index is 14.6. The molecule has 0 aliphatic carbocycles. The zero-order valence-corrected chi connectivity index (χ0v) is 17.8. The van der Waals surface area contributed by atoms with Crippen LogP contribution in [0.5, 0.6) is 0 Å². The Bertz CT molecular complexity index is 1260. The molecule has 0 spiro atoms. The van der Waals surface area contributed by atoms with Crippen LogP contribution in [0.3, 0.4) is 0 Å². The molecule has 1 aliphatic rings. The second-order valence-electron chi connectivity index (χ2n) is 7.80. The van der Waals surface area contributed by atoms with E-state index < -0.39 is 6.23 Å². The first-order valence-electron chi connectivity index (χ1n) is 10.4. The van der Waals surface area contributed by atoms with Gasteiger partial charge in [-0.3, -0.25) is 4.98 Å². The van der Waals surface area contributed by atoms with Gasteiger partial charge in [0.15, 0.2) is 5.76 Å². The van der Waals surface area contributed by atoms with Crippen LogP contribution in [0, 0.1) is 19.7 Å². The fraction of sp³-hybridized carbons (Fsp3) is 0.154. The van der Waals surface area contributed by atoms with E-state index in [1.807, 2.05) is 35.2 Å². The van der Waals surface area contributed by atoms with Crippen LogP contribution >= 0.6 is 0 Å². The number of amidine groups is 1. The van der Waals surface area contributed by atoms with Crippen LogP contribution in [0.15, 0.2) is 88.9 Å². The normalized spacial score (nSPS) is 15.5. The molecule has 0 bridgehead atoms. The first-order chi connectivity index (χ1) is 15.6. The summed E-state index contributed by atoms with van der Waals surface area (Å²) >= 11 is 0. The highest BCUT2D eigenvalue weighted by atomic mass is 19.1. The summed E-state index contributed by atoms with van der Waals surface area (Å²) in [5.74, 6) is 0.921. The van der Waals surface area contributed by atoms with E-state index in [0.717, 1.165) is 27.8 Å². The van der Waals surface area contributed by atoms with Crippen molar-refractivity contribution in [3.8, 4) is 11.1 Å². The van der Waals surface area contributed by atoms with Gasteiger partial charge in [0.2, 0.25) is 12.1 Å². The van der Waals surface area contributed by atoms with E-state index in [1.54, 1.807) is 30.8 Å². The van der Waals surface area contributed by atoms with E-state index in [0.29, 0.717) is 23.7 Å². The number of pyridine rings is 1. The minimum Gasteiger partial charge on any atom is -0.461 e. The van der Waals surface area contributed by atoms with Gasteiger partial charge in [0.25, 0.3) is 0 Å². The maximum Gasteiger partial charge on any atom is 0.228 e. The molecule has 0 saturated heterocycles. The highest BCUT2D eigenvalue weighted by molar-refractivity contribution is 5.97. The number of furan rings is 1. The fourth-order valence-electron chi connectivity index (χ4n) is 4.17. The van der Waals surface area contributed by atoms with E-state index in [4.69, 9.17) is 9.25 Å². The molecule has 0 amide bonds. The summed E-state index contributed by atoms with van der Waals surface area (Å²) in [5, 5.41) is 4.37. The molecule has 1 atom stereocenters. The Kier molecular flexibility index (Phi) is 5.19. The molecular weight excluding hydrogens is 405 g/mol. The average Bonchev–Trinajstić information content (AvgIpc) is 3.45. The van der Waals surface area contributed by atoms with Crippen molar-refractivity contribution >= 4 is 5.84 Å². The van der Waals surface area contributed by atoms with Gasteiger partial charge in [-0.25, -0.2) is 4.39 Å². The predicted octanol–water partition coefficient (Wildman–Crippen LogP) is 5.99. The van der Waals surface area contributed by atoms with Gasteiger partial charge < -0.3 is 14.2 Å². The van der Waals surface area contributed by atoms with Crippen LogP contribution in [-0.4, -0.2) is 15.7 Å². The van der Waals surface area contributed by atoms with Crippen LogP contribution in [0.1, 0.15) is 34.2 Å². The fourth-order valence-corrected chi connectivity index (χ4v) is 4.17. The number of halogens is 1. The Hall–Kier alpha value is -3.93. The van der Waals surface area contributed by atoms with E-state index in [2.05, 4.69) is 36.1 Å². The minimum absolute atomic E-state index is 0.274. The molecule has 0 N–H and O–H groups in total. The van der Waals surface area contributed by atoms with Gasteiger partial charge >= 0.3 is 0 Å². The molecule has 0 radical (unpaired) electrons. The molecule has 6 heteroatoms. The Morgan fingerprint density at radius 1 is 0.938 bits per heavy atom. The van der Waals surface area contributed by atoms with Gasteiger partial charge in [0, 0.05) is 23.5 Å². The number of hydrogen-bond acceptors (Lipinski definition) is 5. The molecule has 1 aliphatic heterocycles. The highest BCUT2D eigenvalue weighted by Crippen LogP contribution is 2.37. The van der Waals surface area contributed by atoms with Crippen molar-refractivity contribution in [3.05, 3.63) is 113 Å². The Morgan fingerprint density at radius 2 is 1.75 bits per heavy atom. The first kappa shape index (κ1) is 20.0. The van der Waals surface area contributed by atoms with Crippen molar-refractivity contribution in [2.45, 2.75) is 26.6 Å². The number of oxime groups is 1. The summed E-state index contributed by atoms with van der Waals surface area (Å²) < 4.78 is 20.3. The van der Waals surface area contributed by atoms with E-state index in [1.165, 1.54) is 6.07 Å². The van der Waals surface area contributed by atoms with E-state index >= 15 is 0 Å². The summed E-state index contributed by atoms with van der Waals surface area (Å²) in [6.45, 7) is 4.53. The molecule has 0 fully saturated rings. The number of aromatic nitrogens is 1. The largest absolute Gasteiger partial charge is 0.461 e. The molecule has 5 nitrogen and oxygen atoms in total. The summed E-state index contributed by atoms with van der Waals surface area (Å²) in [6, 6.07) is 18.4. The average molecular weight is 427 g/mol. The molecular formula is C26H22FN3O2. The van der Waals surface area contributed by atoms with Crippen LogP contribution in [0.25, 0.3) is 11.1 Å². The van der Waals surface area contributed by atoms with Crippen LogP contribution in [0.4, 0.5) is 4.39 Å². The lowest BCUT2D eigenvalue weighted by atomic mass is 9.98. The second-order valence-corrected chi connectivity index (χ2v) is 7.80. The zero-order chi connectivity index (χ0) is 22.1. The van der Waals surface area contributed by atoms with Crippen molar-refractivity contribution in [3.63, 3.8) is 0 Å². The van der Waals surface area contributed by atoms with Gasteiger partial charge in [-0.15, -0.1) is 0 Å². The molecule has 2 aromatic heterocycles. The number of nitrogens with zero attached hydrogens (tertiary/aromatic N) is 3. The maximum atomic E-state index is 14.6. The van der Waals surface area contributed by atoms with Crippen molar-refractivity contribution in [2.75, 3.05) is 0 Å². The molecule has 2 aromatic carbocycles. The number of rotatable bonds is 5. The van der Waals surface area contributed by atoms with Gasteiger partial charge in [-0.1, -0.05) is 41.6 Å². The molecule has 1 unspecified atom stereocenters. The molecule has 5 rings (SSSR count). The third-order valence-corrected chi connectivity index (χ3v) is 5.73. The molecule has 0 saturated carbocycles. The SMILES string of the molecule is Cc1cccc(C)c1C1ON=C(c2ccco2)N1Cc1cnccc1-c1ccccc1F. The van der Waals surface area contributed by atoms with Gasteiger partial charge in [-0.05, 0) is 60.4 Å². The zero-order valence-electron chi connectivity index (χ0n) is 17.8. The molecule has 160 valence electrons. The second kappa shape index (κ2) is 8.30. The smallest absolute Gasteiger partial charge is 0.228 e. The lowest BCUT2D eigenvalue weighted by Gasteiger charge is -2.27. The third-order valence-electron chi connectivity index (χ3n) is 5.73. The molecule has 32 heavy (non-hydrogen) atoms. The van der Waals surface area contributed by atoms with Crippen molar-refractivity contribution in [1.29, 1.82) is 0 Å². The van der Waals surface area contributed by atoms with Crippen LogP contribution in [-0.2, 0) is 11.4 Å². The lowest BCUT2D eigenvalue weighted by Crippen LogP contribution is -2.31. The topological polar surface area (TPSA) is 50.9 Å². The van der Waals surface area contributed by atoms with Crippen LogP contribution < -0.4 is 0 Å². The molecule has 4 aromatic rings. The first-order valence-corrected chi connectivity index (χ1v) is 10.4. The van der Waals surface area contributed by atoms with E-state index in [9.17, 15) is 4.39 Å². The predicted molar refractivity (Wildman–Crippen MR) is 120 cm³/mol. The van der Waals surface area contributed by atoms with Crippen molar-refractivity contribution in [1.82, 2.24) is 9.88 Å². The summed E-state index contributed by atoms with van der Waals surface area (Å²) in [4.78, 5) is 12.3. The molecule has 3 heterocycles. The van der Waals surface area contributed by atoms with Crippen molar-refractivity contribution < 1.29 is 13.6 Å². The van der Waals surface area contributed by atoms with Gasteiger partial charge in [-0.2, -0.15) is 0 Å². The quantitative estimate of drug-likeness (QED) is 0.393. The standard InChI is InChI=1S/C26H22FN3O2/c1-17-7-5-8-18(2)24(17)26-30(25(29-32-26)23-11-6-14-31-23)16-19-15-28-13-12-20(19)21-9-3-4-10-22(21)27/h3-15,26H,16H2,1-2H3. The minimum atomic E-state index is -0.440. The summed E-state index contributed by atoms with van der Waals surface area (Å²) in [5.41, 5.74) is 5.44. The Labute approximate surface area is 185 Å². The summed E-state index contributed by atoms with van der Waals surface area (Å²) in [7, 11) is 0. The Balaban J connectivity index is 1.59. The number of benzene rings is 2. The number of aryl methyl sites for hydroxylation is 2. The monoisotopic (exact) mass is 427 g/mol. The van der Waals surface area contributed by atoms with E-state index in [-0.39, 0.29) is 5.82 Å². The Morgan fingerprint density at radius 3 is 2.50 bits per heavy atom. The van der Waals surface area contributed by atoms with Gasteiger partial charge in [0.05, 0.1) is 12.8 Å². The lowest BCUT2D eigenvalue weighted by molar-refractivity contribution is 0.00487. The van der Waals surface area contributed by atoms with Gasteiger partial charge in [0.1, 0.15) is 5.82 Å². The summed E-state index contributed by atoms with van der Waals surface area (Å²) in [6.07, 6.45) is 4.61.